The van der Waals surface area contributed by atoms with Crippen LogP contribution in [0.4, 0.5) is 0 Å². The third kappa shape index (κ3) is 1.47. The largest absolute Gasteiger partial charge is 0.349 e. The van der Waals surface area contributed by atoms with Crippen LogP contribution in [-0.2, 0) is 7.05 Å². The minimum atomic E-state index is 0.636. The molecule has 0 saturated carbocycles. The molecule has 0 saturated heterocycles. The van der Waals surface area contributed by atoms with Gasteiger partial charge in [0.25, 0.3) is 0 Å². The number of tetrazole rings is 1. The van der Waals surface area contributed by atoms with Gasteiger partial charge < -0.3 is 4.57 Å². The molecule has 1 N–H and O–H groups in total. The van der Waals surface area contributed by atoms with E-state index in [0.717, 1.165) is 4.90 Å². The summed E-state index contributed by atoms with van der Waals surface area (Å²) < 4.78 is 2.09. The van der Waals surface area contributed by atoms with Gasteiger partial charge in [-0.3, -0.25) is 0 Å². The summed E-state index contributed by atoms with van der Waals surface area (Å²) in [7, 11) is 2.03. The molecule has 0 aliphatic carbocycles. The first-order valence-corrected chi connectivity index (χ1v) is 5.61. The van der Waals surface area contributed by atoms with Crippen molar-refractivity contribution >= 4 is 22.7 Å². The van der Waals surface area contributed by atoms with Gasteiger partial charge >= 0.3 is 0 Å². The van der Waals surface area contributed by atoms with Gasteiger partial charge in [-0.05, 0) is 23.0 Å². The van der Waals surface area contributed by atoms with E-state index in [4.69, 9.17) is 0 Å². The first kappa shape index (κ1) is 9.41. The molecule has 6 heteroatoms. The summed E-state index contributed by atoms with van der Waals surface area (Å²) in [5.41, 5.74) is 1.20. The molecule has 0 unspecified atom stereocenters. The van der Waals surface area contributed by atoms with E-state index in [1.807, 2.05) is 19.2 Å². The number of benzene rings is 1. The topological polar surface area (TPSA) is 59.4 Å². The van der Waals surface area contributed by atoms with Crippen molar-refractivity contribution in [2.75, 3.05) is 0 Å². The second-order valence-corrected chi connectivity index (χ2v) is 4.43. The molecule has 0 aliphatic rings. The Hall–Kier alpha value is -1.82. The highest BCUT2D eigenvalue weighted by Gasteiger charge is 2.09. The van der Waals surface area contributed by atoms with E-state index in [1.54, 1.807) is 0 Å². The molecule has 0 aliphatic heterocycles. The fourth-order valence-electron chi connectivity index (χ4n) is 1.68. The fourth-order valence-corrected chi connectivity index (χ4v) is 2.54. The number of aromatic amines is 1. The van der Waals surface area contributed by atoms with Gasteiger partial charge in [0.05, 0.1) is 0 Å². The SMILES string of the molecule is Cn1cc(Sc2nn[nH]n2)c2ccccc21. The van der Waals surface area contributed by atoms with Crippen LogP contribution in [0.25, 0.3) is 10.9 Å². The van der Waals surface area contributed by atoms with Gasteiger partial charge in [0.1, 0.15) is 0 Å². The van der Waals surface area contributed by atoms with Gasteiger partial charge in [0, 0.05) is 29.0 Å². The number of hydrogen-bond donors (Lipinski definition) is 1. The molecule has 16 heavy (non-hydrogen) atoms. The van der Waals surface area contributed by atoms with E-state index in [-0.39, 0.29) is 0 Å². The van der Waals surface area contributed by atoms with Crippen LogP contribution in [0, 0.1) is 0 Å². The molecule has 3 aromatic rings. The molecule has 0 bridgehead atoms. The van der Waals surface area contributed by atoms with Crippen LogP contribution in [0.5, 0.6) is 0 Å². The fraction of sp³-hybridized carbons (Fsp3) is 0.100. The third-order valence-corrected chi connectivity index (χ3v) is 3.29. The third-order valence-electron chi connectivity index (χ3n) is 2.39. The van der Waals surface area contributed by atoms with Crippen LogP contribution < -0.4 is 0 Å². The van der Waals surface area contributed by atoms with E-state index in [9.17, 15) is 0 Å². The second kappa shape index (κ2) is 3.64. The Bertz CT molecular complexity index is 613. The molecule has 0 fully saturated rings. The summed E-state index contributed by atoms with van der Waals surface area (Å²) in [6.07, 6.45) is 2.08. The minimum Gasteiger partial charge on any atom is -0.349 e. The summed E-state index contributed by atoms with van der Waals surface area (Å²) in [5, 5.41) is 15.7. The maximum atomic E-state index is 3.93. The lowest BCUT2D eigenvalue weighted by Crippen LogP contribution is -1.81. The van der Waals surface area contributed by atoms with E-state index in [2.05, 4.69) is 43.5 Å². The smallest absolute Gasteiger partial charge is 0.235 e. The Labute approximate surface area is 95.9 Å². The van der Waals surface area contributed by atoms with Crippen molar-refractivity contribution in [3.05, 3.63) is 30.5 Å². The normalized spacial score (nSPS) is 11.1. The average molecular weight is 231 g/mol. The molecule has 2 heterocycles. The number of fused-ring (bicyclic) bond motifs is 1. The predicted octanol–water partition coefficient (Wildman–Crippen LogP) is 1.84. The zero-order valence-electron chi connectivity index (χ0n) is 8.58. The van der Waals surface area contributed by atoms with Gasteiger partial charge in [0.15, 0.2) is 0 Å². The van der Waals surface area contributed by atoms with Gasteiger partial charge in [-0.1, -0.05) is 18.2 Å². The first-order valence-electron chi connectivity index (χ1n) is 4.80. The number of aryl methyl sites for hydroxylation is 1. The molecule has 2 aromatic heterocycles. The number of hydrogen-bond acceptors (Lipinski definition) is 4. The van der Waals surface area contributed by atoms with Crippen molar-refractivity contribution in [1.29, 1.82) is 0 Å². The Morgan fingerprint density at radius 3 is 3.00 bits per heavy atom. The number of para-hydroxylation sites is 1. The van der Waals surface area contributed by atoms with Gasteiger partial charge in [0.2, 0.25) is 5.16 Å². The highest BCUT2D eigenvalue weighted by molar-refractivity contribution is 7.99. The predicted molar refractivity (Wildman–Crippen MR) is 61.2 cm³/mol. The Kier molecular flexibility index (Phi) is 2.14. The molecular weight excluding hydrogens is 222 g/mol. The van der Waals surface area contributed by atoms with Gasteiger partial charge in [-0.2, -0.15) is 5.21 Å². The van der Waals surface area contributed by atoms with E-state index in [1.165, 1.54) is 22.7 Å². The van der Waals surface area contributed by atoms with Crippen LogP contribution in [-0.4, -0.2) is 25.2 Å². The molecule has 80 valence electrons. The van der Waals surface area contributed by atoms with E-state index in [0.29, 0.717) is 5.16 Å². The molecule has 0 radical (unpaired) electrons. The summed E-state index contributed by atoms with van der Waals surface area (Å²) in [4.78, 5) is 1.14. The molecular formula is C10H9N5S. The monoisotopic (exact) mass is 231 g/mol. The maximum Gasteiger partial charge on any atom is 0.235 e. The van der Waals surface area contributed by atoms with Crippen LogP contribution in [0.1, 0.15) is 0 Å². The standard InChI is InChI=1S/C10H9N5S/c1-15-6-9(16-10-11-13-14-12-10)7-4-2-3-5-8(7)15/h2-6H,1H3,(H,11,12,13,14). The molecule has 3 rings (SSSR count). The lowest BCUT2D eigenvalue weighted by atomic mass is 10.2. The Balaban J connectivity index is 2.10. The highest BCUT2D eigenvalue weighted by atomic mass is 32.2. The number of aromatic nitrogens is 5. The Morgan fingerprint density at radius 1 is 1.31 bits per heavy atom. The van der Waals surface area contributed by atoms with Crippen molar-refractivity contribution in [2.24, 2.45) is 7.05 Å². The van der Waals surface area contributed by atoms with Crippen molar-refractivity contribution in [2.45, 2.75) is 10.1 Å². The van der Waals surface area contributed by atoms with E-state index >= 15 is 0 Å². The van der Waals surface area contributed by atoms with Crippen LogP contribution in [0.3, 0.4) is 0 Å². The van der Waals surface area contributed by atoms with E-state index < -0.39 is 0 Å². The van der Waals surface area contributed by atoms with Crippen LogP contribution in [0.2, 0.25) is 0 Å². The molecule has 0 spiro atoms. The number of rotatable bonds is 2. The number of nitrogens with one attached hydrogen (secondary N) is 1. The van der Waals surface area contributed by atoms with Gasteiger partial charge in [-0.25, -0.2) is 0 Å². The molecule has 0 amide bonds. The summed E-state index contributed by atoms with van der Waals surface area (Å²) in [5.74, 6) is 0. The molecule has 0 atom stereocenters. The lowest BCUT2D eigenvalue weighted by Gasteiger charge is -1.93. The van der Waals surface area contributed by atoms with Crippen molar-refractivity contribution in [1.82, 2.24) is 25.2 Å². The minimum absolute atomic E-state index is 0.636. The lowest BCUT2D eigenvalue weighted by molar-refractivity contribution is 0.881. The zero-order valence-corrected chi connectivity index (χ0v) is 9.40. The van der Waals surface area contributed by atoms with Crippen molar-refractivity contribution in [3.63, 3.8) is 0 Å². The van der Waals surface area contributed by atoms with Crippen molar-refractivity contribution in [3.8, 4) is 0 Å². The zero-order chi connectivity index (χ0) is 11.0. The quantitative estimate of drug-likeness (QED) is 0.731. The Morgan fingerprint density at radius 2 is 2.19 bits per heavy atom. The summed E-state index contributed by atoms with van der Waals surface area (Å²) >= 11 is 1.51. The summed E-state index contributed by atoms with van der Waals surface area (Å²) in [6.45, 7) is 0. The highest BCUT2D eigenvalue weighted by Crippen LogP contribution is 2.32. The second-order valence-electron chi connectivity index (χ2n) is 3.42. The van der Waals surface area contributed by atoms with Gasteiger partial charge in [-0.15, -0.1) is 10.2 Å². The van der Waals surface area contributed by atoms with Crippen LogP contribution >= 0.6 is 11.8 Å². The molecule has 1 aromatic carbocycles. The first-order chi connectivity index (χ1) is 7.84. The summed E-state index contributed by atoms with van der Waals surface area (Å²) in [6, 6.07) is 8.25. The average Bonchev–Trinajstić information content (AvgIpc) is 2.90. The number of H-pyrrole nitrogens is 1. The van der Waals surface area contributed by atoms with Crippen molar-refractivity contribution < 1.29 is 0 Å². The molecule has 5 nitrogen and oxygen atoms in total. The number of nitrogens with zero attached hydrogens (tertiary/aromatic N) is 4. The van der Waals surface area contributed by atoms with Crippen LogP contribution in [0.15, 0.2) is 40.5 Å². The maximum absolute atomic E-state index is 3.93.